The summed E-state index contributed by atoms with van der Waals surface area (Å²) in [6.07, 6.45) is 1.67. The molecule has 1 amide bonds. The van der Waals surface area contributed by atoms with Crippen LogP contribution in [0.2, 0.25) is 0 Å². The van der Waals surface area contributed by atoms with Crippen molar-refractivity contribution in [2.45, 2.75) is 19.5 Å². The number of carbonyl (C=O) groups excluding carboxylic acids is 1. The van der Waals surface area contributed by atoms with Gasteiger partial charge in [-0.15, -0.1) is 0 Å². The largest absolute Gasteiger partial charge is 0.468 e. The molecule has 2 aromatic rings. The van der Waals surface area contributed by atoms with E-state index in [1.165, 1.54) is 0 Å². The van der Waals surface area contributed by atoms with E-state index in [1.54, 1.807) is 13.3 Å². The molecule has 0 spiro atoms. The van der Waals surface area contributed by atoms with Crippen LogP contribution in [0, 0.1) is 0 Å². The minimum Gasteiger partial charge on any atom is -0.468 e. The maximum Gasteiger partial charge on any atom is 0.251 e. The Bertz CT molecular complexity index is 518. The second-order valence-electron chi connectivity index (χ2n) is 4.39. The maximum atomic E-state index is 11.4. The molecule has 0 aliphatic carbocycles. The summed E-state index contributed by atoms with van der Waals surface area (Å²) in [5, 5.41) is 5.97. The zero-order valence-corrected chi connectivity index (χ0v) is 11.1. The lowest BCUT2D eigenvalue weighted by Gasteiger charge is -2.11. The van der Waals surface area contributed by atoms with E-state index >= 15 is 0 Å². The van der Waals surface area contributed by atoms with Gasteiger partial charge in [-0.1, -0.05) is 12.1 Å². The van der Waals surface area contributed by atoms with Gasteiger partial charge in [-0.05, 0) is 36.8 Å². The summed E-state index contributed by atoms with van der Waals surface area (Å²) in [6.45, 7) is 2.79. The number of furan rings is 1. The predicted molar refractivity (Wildman–Crippen MR) is 73.8 cm³/mol. The molecule has 0 radical (unpaired) electrons. The fraction of sp³-hybridized carbons (Fsp3) is 0.267. The van der Waals surface area contributed by atoms with Gasteiger partial charge in [-0.2, -0.15) is 0 Å². The van der Waals surface area contributed by atoms with Crippen LogP contribution in [-0.4, -0.2) is 13.0 Å². The number of benzene rings is 1. The molecule has 19 heavy (non-hydrogen) atoms. The van der Waals surface area contributed by atoms with Crippen molar-refractivity contribution in [3.63, 3.8) is 0 Å². The molecule has 0 aliphatic rings. The van der Waals surface area contributed by atoms with Crippen molar-refractivity contribution >= 4 is 5.91 Å². The lowest BCUT2D eigenvalue weighted by atomic mass is 10.1. The van der Waals surface area contributed by atoms with E-state index in [-0.39, 0.29) is 11.9 Å². The Morgan fingerprint density at radius 1 is 1.26 bits per heavy atom. The van der Waals surface area contributed by atoms with Gasteiger partial charge in [0.15, 0.2) is 0 Å². The second-order valence-corrected chi connectivity index (χ2v) is 4.39. The first-order chi connectivity index (χ1) is 9.20. The molecular formula is C15H18N2O2. The van der Waals surface area contributed by atoms with E-state index in [9.17, 15) is 4.79 Å². The molecule has 0 aliphatic heterocycles. The summed E-state index contributed by atoms with van der Waals surface area (Å²) >= 11 is 0. The Hall–Kier alpha value is -2.07. The molecule has 0 bridgehead atoms. The molecule has 4 nitrogen and oxygen atoms in total. The number of hydrogen-bond donors (Lipinski definition) is 2. The minimum absolute atomic E-state index is 0.0662. The first-order valence-electron chi connectivity index (χ1n) is 6.28. The average molecular weight is 258 g/mol. The molecule has 4 heteroatoms. The highest BCUT2D eigenvalue weighted by molar-refractivity contribution is 5.93. The van der Waals surface area contributed by atoms with Crippen LogP contribution in [0.3, 0.4) is 0 Å². The molecule has 2 N–H and O–H groups in total. The lowest BCUT2D eigenvalue weighted by Crippen LogP contribution is -2.19. The average Bonchev–Trinajstić information content (AvgIpc) is 2.98. The van der Waals surface area contributed by atoms with Crippen LogP contribution in [0.1, 0.15) is 34.6 Å². The fourth-order valence-corrected chi connectivity index (χ4v) is 1.83. The third-order valence-electron chi connectivity index (χ3n) is 3.03. The Balaban J connectivity index is 1.91. The van der Waals surface area contributed by atoms with Crippen LogP contribution in [0.5, 0.6) is 0 Å². The lowest BCUT2D eigenvalue weighted by molar-refractivity contribution is 0.0963. The Kier molecular flexibility index (Phi) is 4.36. The molecule has 0 saturated heterocycles. The summed E-state index contributed by atoms with van der Waals surface area (Å²) < 4.78 is 5.33. The minimum atomic E-state index is -0.0662. The van der Waals surface area contributed by atoms with Crippen molar-refractivity contribution in [3.8, 4) is 0 Å². The van der Waals surface area contributed by atoms with Crippen molar-refractivity contribution in [1.29, 1.82) is 0 Å². The van der Waals surface area contributed by atoms with Gasteiger partial charge in [-0.3, -0.25) is 4.79 Å². The number of nitrogens with one attached hydrogen (secondary N) is 2. The molecule has 1 heterocycles. The van der Waals surface area contributed by atoms with Gasteiger partial charge >= 0.3 is 0 Å². The maximum absolute atomic E-state index is 11.4. The first kappa shape index (κ1) is 13.4. The molecular weight excluding hydrogens is 240 g/mol. The van der Waals surface area contributed by atoms with E-state index in [1.807, 2.05) is 36.4 Å². The molecule has 100 valence electrons. The highest BCUT2D eigenvalue weighted by Gasteiger charge is 2.07. The van der Waals surface area contributed by atoms with Crippen LogP contribution in [0.4, 0.5) is 0 Å². The Morgan fingerprint density at radius 2 is 2.00 bits per heavy atom. The van der Waals surface area contributed by atoms with Gasteiger partial charge in [-0.25, -0.2) is 0 Å². The van der Waals surface area contributed by atoms with E-state index < -0.39 is 0 Å². The van der Waals surface area contributed by atoms with Gasteiger partial charge in [0.1, 0.15) is 5.76 Å². The molecule has 2 rings (SSSR count). The van der Waals surface area contributed by atoms with Crippen molar-refractivity contribution in [1.82, 2.24) is 10.6 Å². The van der Waals surface area contributed by atoms with E-state index in [0.717, 1.165) is 17.9 Å². The van der Waals surface area contributed by atoms with Gasteiger partial charge in [0.2, 0.25) is 0 Å². The van der Waals surface area contributed by atoms with Gasteiger partial charge in [0, 0.05) is 19.2 Å². The van der Waals surface area contributed by atoms with Crippen LogP contribution in [-0.2, 0) is 6.54 Å². The number of rotatable bonds is 5. The third-order valence-corrected chi connectivity index (χ3v) is 3.03. The summed E-state index contributed by atoms with van der Waals surface area (Å²) in [7, 11) is 1.63. The summed E-state index contributed by atoms with van der Waals surface area (Å²) in [5.41, 5.74) is 1.80. The van der Waals surface area contributed by atoms with Crippen molar-refractivity contribution in [2.24, 2.45) is 0 Å². The van der Waals surface area contributed by atoms with E-state index in [2.05, 4.69) is 17.6 Å². The first-order valence-corrected chi connectivity index (χ1v) is 6.28. The monoisotopic (exact) mass is 258 g/mol. The fourth-order valence-electron chi connectivity index (χ4n) is 1.83. The standard InChI is InChI=1S/C15H18N2O2/c1-11(14-4-3-9-19-14)17-10-12-5-7-13(8-6-12)15(18)16-2/h3-9,11,17H,10H2,1-2H3,(H,16,18)/t11-/m0/s1. The summed E-state index contributed by atoms with van der Waals surface area (Å²) in [5.74, 6) is 0.852. The highest BCUT2D eigenvalue weighted by atomic mass is 16.3. The summed E-state index contributed by atoms with van der Waals surface area (Å²) in [4.78, 5) is 11.4. The Labute approximate surface area is 112 Å². The Morgan fingerprint density at radius 3 is 2.58 bits per heavy atom. The SMILES string of the molecule is CNC(=O)c1ccc(CN[C@@H](C)c2ccco2)cc1. The normalized spacial score (nSPS) is 12.1. The molecule has 0 unspecified atom stereocenters. The zero-order valence-electron chi connectivity index (χ0n) is 11.1. The van der Waals surface area contributed by atoms with E-state index in [0.29, 0.717) is 5.56 Å². The van der Waals surface area contributed by atoms with Crippen LogP contribution in [0.15, 0.2) is 47.1 Å². The van der Waals surface area contributed by atoms with E-state index in [4.69, 9.17) is 4.42 Å². The van der Waals surface area contributed by atoms with Crippen LogP contribution in [0.25, 0.3) is 0 Å². The smallest absolute Gasteiger partial charge is 0.251 e. The summed E-state index contributed by atoms with van der Waals surface area (Å²) in [6, 6.07) is 11.5. The molecule has 1 atom stereocenters. The van der Waals surface area contributed by atoms with Gasteiger partial charge in [0.25, 0.3) is 5.91 Å². The number of amides is 1. The molecule has 0 saturated carbocycles. The predicted octanol–water partition coefficient (Wildman–Crippen LogP) is 2.49. The third kappa shape index (κ3) is 3.45. The quantitative estimate of drug-likeness (QED) is 0.866. The van der Waals surface area contributed by atoms with Crippen molar-refractivity contribution < 1.29 is 9.21 Å². The molecule has 1 aromatic heterocycles. The van der Waals surface area contributed by atoms with Crippen molar-refractivity contribution in [2.75, 3.05) is 7.05 Å². The number of hydrogen-bond acceptors (Lipinski definition) is 3. The van der Waals surface area contributed by atoms with Gasteiger partial charge < -0.3 is 15.1 Å². The van der Waals surface area contributed by atoms with Crippen LogP contribution < -0.4 is 10.6 Å². The van der Waals surface area contributed by atoms with Crippen LogP contribution >= 0.6 is 0 Å². The molecule has 0 fully saturated rings. The second kappa shape index (κ2) is 6.20. The topological polar surface area (TPSA) is 54.3 Å². The zero-order chi connectivity index (χ0) is 13.7. The number of carbonyl (C=O) groups is 1. The van der Waals surface area contributed by atoms with Gasteiger partial charge in [0.05, 0.1) is 12.3 Å². The molecule has 1 aromatic carbocycles. The van der Waals surface area contributed by atoms with Crippen molar-refractivity contribution in [3.05, 3.63) is 59.5 Å². The highest BCUT2D eigenvalue weighted by Crippen LogP contribution is 2.13.